The van der Waals surface area contributed by atoms with Crippen molar-refractivity contribution >= 4 is 5.91 Å². The van der Waals surface area contributed by atoms with Crippen LogP contribution < -0.4 is 5.32 Å². The maximum atomic E-state index is 12.2. The van der Waals surface area contributed by atoms with Gasteiger partial charge < -0.3 is 10.4 Å². The summed E-state index contributed by atoms with van der Waals surface area (Å²) in [6.45, 7) is 5.63. The van der Waals surface area contributed by atoms with Gasteiger partial charge in [0, 0.05) is 13.1 Å². The van der Waals surface area contributed by atoms with Crippen molar-refractivity contribution in [3.05, 3.63) is 64.7 Å². The SMILES string of the molecule is Cc1cccc(C(=O)NCc2ccc(CN3CCCC3)cc2)c1O. The van der Waals surface area contributed by atoms with Crippen molar-refractivity contribution in [2.75, 3.05) is 13.1 Å². The molecule has 0 saturated carbocycles. The van der Waals surface area contributed by atoms with Crippen LogP contribution in [0.2, 0.25) is 0 Å². The van der Waals surface area contributed by atoms with Gasteiger partial charge in [0.25, 0.3) is 5.91 Å². The molecule has 1 heterocycles. The zero-order valence-corrected chi connectivity index (χ0v) is 14.1. The number of phenolic OH excluding ortho intramolecular Hbond substituents is 1. The number of aromatic hydroxyl groups is 1. The van der Waals surface area contributed by atoms with Crippen molar-refractivity contribution in [1.29, 1.82) is 0 Å². The van der Waals surface area contributed by atoms with Crippen molar-refractivity contribution in [3.8, 4) is 5.75 Å². The van der Waals surface area contributed by atoms with Crippen molar-refractivity contribution < 1.29 is 9.90 Å². The Bertz CT molecular complexity index is 704. The molecule has 4 nitrogen and oxygen atoms in total. The van der Waals surface area contributed by atoms with Gasteiger partial charge in [0.05, 0.1) is 5.56 Å². The summed E-state index contributed by atoms with van der Waals surface area (Å²) in [6.07, 6.45) is 2.60. The first-order chi connectivity index (χ1) is 11.6. The largest absolute Gasteiger partial charge is 0.507 e. The third-order valence-corrected chi connectivity index (χ3v) is 4.56. The smallest absolute Gasteiger partial charge is 0.255 e. The number of carbonyl (C=O) groups is 1. The Kier molecular flexibility index (Phi) is 5.16. The summed E-state index contributed by atoms with van der Waals surface area (Å²) >= 11 is 0. The van der Waals surface area contributed by atoms with E-state index in [0.717, 1.165) is 12.1 Å². The van der Waals surface area contributed by atoms with Crippen LogP contribution in [0.4, 0.5) is 0 Å². The fourth-order valence-electron chi connectivity index (χ4n) is 3.08. The summed E-state index contributed by atoms with van der Waals surface area (Å²) in [6, 6.07) is 13.6. The Balaban J connectivity index is 1.56. The van der Waals surface area contributed by atoms with Gasteiger partial charge in [-0.05, 0) is 55.6 Å². The number of hydrogen-bond acceptors (Lipinski definition) is 3. The van der Waals surface area contributed by atoms with Gasteiger partial charge in [0.15, 0.2) is 0 Å². The second kappa shape index (κ2) is 7.49. The number of nitrogens with zero attached hydrogens (tertiary/aromatic N) is 1. The van der Waals surface area contributed by atoms with Crippen LogP contribution in [-0.4, -0.2) is 29.0 Å². The lowest BCUT2D eigenvalue weighted by molar-refractivity contribution is 0.0948. The zero-order chi connectivity index (χ0) is 16.9. The third-order valence-electron chi connectivity index (χ3n) is 4.56. The van der Waals surface area contributed by atoms with Crippen molar-refractivity contribution in [3.63, 3.8) is 0 Å². The predicted molar refractivity (Wildman–Crippen MR) is 95.0 cm³/mol. The second-order valence-electron chi connectivity index (χ2n) is 6.45. The monoisotopic (exact) mass is 324 g/mol. The van der Waals surface area contributed by atoms with E-state index in [0.29, 0.717) is 17.7 Å². The fourth-order valence-corrected chi connectivity index (χ4v) is 3.08. The molecule has 0 bridgehead atoms. The number of amides is 1. The molecule has 1 fully saturated rings. The molecule has 126 valence electrons. The molecule has 2 N–H and O–H groups in total. The molecule has 1 aliphatic rings. The molecule has 0 unspecified atom stereocenters. The molecule has 1 saturated heterocycles. The molecule has 4 heteroatoms. The maximum absolute atomic E-state index is 12.2. The minimum Gasteiger partial charge on any atom is -0.507 e. The molecule has 2 aromatic carbocycles. The molecule has 1 aliphatic heterocycles. The van der Waals surface area contributed by atoms with Gasteiger partial charge in [0.2, 0.25) is 0 Å². The van der Waals surface area contributed by atoms with Gasteiger partial charge in [-0.15, -0.1) is 0 Å². The van der Waals surface area contributed by atoms with E-state index in [1.807, 2.05) is 0 Å². The van der Waals surface area contributed by atoms with Crippen LogP contribution in [0.1, 0.15) is 39.9 Å². The Morgan fingerprint density at radius 1 is 1.08 bits per heavy atom. The normalized spacial score (nSPS) is 14.7. The summed E-state index contributed by atoms with van der Waals surface area (Å²) < 4.78 is 0. The Labute approximate surface area is 143 Å². The lowest BCUT2D eigenvalue weighted by Gasteiger charge is -2.14. The zero-order valence-electron chi connectivity index (χ0n) is 14.1. The van der Waals surface area contributed by atoms with Crippen LogP contribution in [0.25, 0.3) is 0 Å². The number of rotatable bonds is 5. The second-order valence-corrected chi connectivity index (χ2v) is 6.45. The van der Waals surface area contributed by atoms with E-state index in [4.69, 9.17) is 0 Å². The molecular weight excluding hydrogens is 300 g/mol. The third kappa shape index (κ3) is 3.95. The van der Waals surface area contributed by atoms with Crippen molar-refractivity contribution in [2.45, 2.75) is 32.9 Å². The predicted octanol–water partition coefficient (Wildman–Crippen LogP) is 3.23. The highest BCUT2D eigenvalue weighted by molar-refractivity contribution is 5.97. The van der Waals surface area contributed by atoms with E-state index < -0.39 is 0 Å². The van der Waals surface area contributed by atoms with Crippen LogP contribution in [0, 0.1) is 6.92 Å². The first kappa shape index (κ1) is 16.5. The Hall–Kier alpha value is -2.33. The molecule has 0 atom stereocenters. The first-order valence-electron chi connectivity index (χ1n) is 8.50. The summed E-state index contributed by atoms with van der Waals surface area (Å²) in [4.78, 5) is 14.7. The van der Waals surface area contributed by atoms with Gasteiger partial charge in [-0.2, -0.15) is 0 Å². The molecule has 0 spiro atoms. The Morgan fingerprint density at radius 2 is 1.75 bits per heavy atom. The van der Waals surface area contributed by atoms with Gasteiger partial charge in [0.1, 0.15) is 5.75 Å². The average Bonchev–Trinajstić information content (AvgIpc) is 3.09. The van der Waals surface area contributed by atoms with E-state index in [2.05, 4.69) is 34.5 Å². The molecule has 3 rings (SSSR count). The van der Waals surface area contributed by atoms with Crippen LogP contribution >= 0.6 is 0 Å². The number of aryl methyl sites for hydroxylation is 1. The highest BCUT2D eigenvalue weighted by Gasteiger charge is 2.13. The summed E-state index contributed by atoms with van der Waals surface area (Å²) in [5, 5.41) is 12.8. The molecule has 24 heavy (non-hydrogen) atoms. The summed E-state index contributed by atoms with van der Waals surface area (Å²) in [7, 11) is 0. The number of hydrogen-bond donors (Lipinski definition) is 2. The number of nitrogens with one attached hydrogen (secondary N) is 1. The summed E-state index contributed by atoms with van der Waals surface area (Å²) in [5.74, 6) is -0.201. The van der Waals surface area contributed by atoms with Gasteiger partial charge in [-0.25, -0.2) is 0 Å². The van der Waals surface area contributed by atoms with Gasteiger partial charge in [-0.3, -0.25) is 9.69 Å². The van der Waals surface area contributed by atoms with Crippen LogP contribution in [0.5, 0.6) is 5.75 Å². The first-order valence-corrected chi connectivity index (χ1v) is 8.50. The fraction of sp³-hybridized carbons (Fsp3) is 0.350. The Morgan fingerprint density at radius 3 is 2.46 bits per heavy atom. The lowest BCUT2D eigenvalue weighted by atomic mass is 10.1. The van der Waals surface area contributed by atoms with E-state index in [-0.39, 0.29) is 11.7 Å². The minimum absolute atomic E-state index is 0.0518. The number of benzene rings is 2. The highest BCUT2D eigenvalue weighted by atomic mass is 16.3. The average molecular weight is 324 g/mol. The molecule has 1 amide bonds. The van der Waals surface area contributed by atoms with E-state index >= 15 is 0 Å². The number of phenols is 1. The van der Waals surface area contributed by atoms with E-state index in [1.165, 1.54) is 31.5 Å². The maximum Gasteiger partial charge on any atom is 0.255 e. The molecule has 0 radical (unpaired) electrons. The van der Waals surface area contributed by atoms with Gasteiger partial charge in [-0.1, -0.05) is 36.4 Å². The molecular formula is C20H24N2O2. The van der Waals surface area contributed by atoms with Crippen LogP contribution in [-0.2, 0) is 13.1 Å². The topological polar surface area (TPSA) is 52.6 Å². The molecule has 2 aromatic rings. The van der Waals surface area contributed by atoms with Crippen molar-refractivity contribution in [1.82, 2.24) is 10.2 Å². The number of likely N-dealkylation sites (tertiary alicyclic amines) is 1. The molecule has 0 aliphatic carbocycles. The standard InChI is InChI=1S/C20H24N2O2/c1-15-5-4-6-18(19(15)23)20(24)21-13-16-7-9-17(10-8-16)14-22-11-2-3-12-22/h4-10,23H,2-3,11-14H2,1H3,(H,21,24). The summed E-state index contributed by atoms with van der Waals surface area (Å²) in [5.41, 5.74) is 3.39. The number of para-hydroxylation sites is 1. The van der Waals surface area contributed by atoms with E-state index in [9.17, 15) is 9.90 Å². The lowest BCUT2D eigenvalue weighted by Crippen LogP contribution is -2.23. The quantitative estimate of drug-likeness (QED) is 0.888. The molecule has 0 aromatic heterocycles. The van der Waals surface area contributed by atoms with Crippen LogP contribution in [0.3, 0.4) is 0 Å². The van der Waals surface area contributed by atoms with Gasteiger partial charge >= 0.3 is 0 Å². The van der Waals surface area contributed by atoms with Crippen LogP contribution in [0.15, 0.2) is 42.5 Å². The van der Waals surface area contributed by atoms with Crippen molar-refractivity contribution in [2.24, 2.45) is 0 Å². The number of carbonyl (C=O) groups excluding carboxylic acids is 1. The minimum atomic E-state index is -0.252. The van der Waals surface area contributed by atoms with E-state index in [1.54, 1.807) is 25.1 Å². The highest BCUT2D eigenvalue weighted by Crippen LogP contribution is 2.21.